The third-order valence-electron chi connectivity index (χ3n) is 3.49. The summed E-state index contributed by atoms with van der Waals surface area (Å²) in [5.74, 6) is 0.655. The van der Waals surface area contributed by atoms with Gasteiger partial charge in [0.1, 0.15) is 0 Å². The van der Waals surface area contributed by atoms with E-state index in [-0.39, 0.29) is 0 Å². The summed E-state index contributed by atoms with van der Waals surface area (Å²) in [6.07, 6.45) is 8.22. The normalized spacial score (nSPS) is 22.7. The summed E-state index contributed by atoms with van der Waals surface area (Å²) in [7, 11) is 1.75. The van der Waals surface area contributed by atoms with Crippen LogP contribution in [0.4, 0.5) is 0 Å². The molecule has 0 radical (unpaired) electrons. The molecule has 0 N–H and O–H groups in total. The molecule has 17 heavy (non-hydrogen) atoms. The fourth-order valence-corrected chi connectivity index (χ4v) is 3.03. The molecule has 92 valence electrons. The summed E-state index contributed by atoms with van der Waals surface area (Å²) in [4.78, 5) is 0. The van der Waals surface area contributed by atoms with Crippen LogP contribution in [0, 0.1) is 5.92 Å². The molecule has 0 aromatic heterocycles. The van der Waals surface area contributed by atoms with E-state index in [0.717, 1.165) is 6.42 Å². The Kier molecular flexibility index (Phi) is 4.66. The van der Waals surface area contributed by atoms with Gasteiger partial charge in [-0.2, -0.15) is 0 Å². The molecule has 1 aliphatic carbocycles. The zero-order valence-corrected chi connectivity index (χ0v) is 11.9. The van der Waals surface area contributed by atoms with Crippen LogP contribution in [0.15, 0.2) is 40.6 Å². The molecule has 1 unspecified atom stereocenters. The quantitative estimate of drug-likeness (QED) is 0.734. The van der Waals surface area contributed by atoms with Gasteiger partial charge in [-0.3, -0.25) is 0 Å². The molecule has 0 amide bonds. The summed E-state index contributed by atoms with van der Waals surface area (Å²) < 4.78 is 6.43. The molecule has 1 aliphatic rings. The van der Waals surface area contributed by atoms with Gasteiger partial charge in [0, 0.05) is 4.47 Å². The van der Waals surface area contributed by atoms with E-state index in [4.69, 9.17) is 4.74 Å². The molecule has 1 atom stereocenters. The minimum atomic E-state index is 0.655. The second-order valence-electron chi connectivity index (χ2n) is 4.67. The lowest BCUT2D eigenvalue weighted by Gasteiger charge is -2.25. The highest BCUT2D eigenvalue weighted by Crippen LogP contribution is 2.33. The van der Waals surface area contributed by atoms with Crippen molar-refractivity contribution in [3.8, 4) is 0 Å². The van der Waals surface area contributed by atoms with Crippen molar-refractivity contribution in [2.45, 2.75) is 32.1 Å². The first kappa shape index (κ1) is 12.7. The predicted octanol–water partition coefficient (Wildman–Crippen LogP) is 4.71. The van der Waals surface area contributed by atoms with E-state index < -0.39 is 0 Å². The Morgan fingerprint density at radius 2 is 2.18 bits per heavy atom. The fraction of sp³-hybridized carbons (Fsp3) is 0.467. The van der Waals surface area contributed by atoms with Gasteiger partial charge in [0.05, 0.1) is 13.4 Å². The number of benzene rings is 1. The lowest BCUT2D eigenvalue weighted by Crippen LogP contribution is -2.13. The lowest BCUT2D eigenvalue weighted by atomic mass is 9.81. The minimum Gasteiger partial charge on any atom is -0.504 e. The topological polar surface area (TPSA) is 9.23 Å². The molecule has 0 saturated heterocycles. The van der Waals surface area contributed by atoms with Gasteiger partial charge in [-0.25, -0.2) is 0 Å². The van der Waals surface area contributed by atoms with Crippen molar-refractivity contribution in [2.75, 3.05) is 7.11 Å². The van der Waals surface area contributed by atoms with Crippen molar-refractivity contribution in [3.05, 3.63) is 46.1 Å². The Balaban J connectivity index is 2.11. The monoisotopic (exact) mass is 294 g/mol. The summed E-state index contributed by atoms with van der Waals surface area (Å²) in [5, 5.41) is 0. The van der Waals surface area contributed by atoms with Crippen LogP contribution < -0.4 is 0 Å². The van der Waals surface area contributed by atoms with E-state index in [1.165, 1.54) is 41.3 Å². The molecule has 1 aromatic carbocycles. The van der Waals surface area contributed by atoms with Crippen LogP contribution in [0.2, 0.25) is 0 Å². The molecule has 1 fully saturated rings. The van der Waals surface area contributed by atoms with E-state index in [1.54, 1.807) is 7.11 Å². The highest BCUT2D eigenvalue weighted by Gasteiger charge is 2.20. The van der Waals surface area contributed by atoms with Gasteiger partial charge in [-0.15, -0.1) is 0 Å². The Labute approximate surface area is 112 Å². The molecular formula is C15H19BrO. The van der Waals surface area contributed by atoms with E-state index >= 15 is 0 Å². The van der Waals surface area contributed by atoms with E-state index in [2.05, 4.69) is 40.2 Å². The maximum Gasteiger partial charge on any atom is 0.0819 e. The smallest absolute Gasteiger partial charge is 0.0819 e. The first-order valence-electron chi connectivity index (χ1n) is 6.26. The molecular weight excluding hydrogens is 276 g/mol. The van der Waals surface area contributed by atoms with Crippen LogP contribution in [0.5, 0.6) is 0 Å². The number of allylic oxidation sites excluding steroid dienone is 1. The van der Waals surface area contributed by atoms with Gasteiger partial charge >= 0.3 is 0 Å². The average Bonchev–Trinajstić information content (AvgIpc) is 2.35. The molecule has 2 rings (SSSR count). The molecule has 0 aliphatic heterocycles. The minimum absolute atomic E-state index is 0.655. The molecule has 2 heteroatoms. The van der Waals surface area contributed by atoms with Gasteiger partial charge in [0.2, 0.25) is 0 Å². The average molecular weight is 295 g/mol. The van der Waals surface area contributed by atoms with Crippen LogP contribution in [-0.2, 0) is 11.2 Å². The zero-order valence-electron chi connectivity index (χ0n) is 10.3. The van der Waals surface area contributed by atoms with E-state index in [0.29, 0.717) is 5.92 Å². The third kappa shape index (κ3) is 3.35. The Bertz CT molecular complexity index is 398. The van der Waals surface area contributed by atoms with Crippen LogP contribution in [0.25, 0.3) is 0 Å². The van der Waals surface area contributed by atoms with E-state index in [9.17, 15) is 0 Å². The third-order valence-corrected chi connectivity index (χ3v) is 4.26. The van der Waals surface area contributed by atoms with Gasteiger partial charge in [-0.05, 0) is 48.8 Å². The second-order valence-corrected chi connectivity index (χ2v) is 5.52. The van der Waals surface area contributed by atoms with E-state index in [1.807, 2.05) is 6.26 Å². The van der Waals surface area contributed by atoms with Crippen molar-refractivity contribution < 1.29 is 4.74 Å². The molecule has 1 aromatic rings. The maximum absolute atomic E-state index is 5.21. The lowest BCUT2D eigenvalue weighted by molar-refractivity contribution is 0.317. The predicted molar refractivity (Wildman–Crippen MR) is 74.9 cm³/mol. The van der Waals surface area contributed by atoms with Crippen LogP contribution in [0.1, 0.15) is 31.2 Å². The summed E-state index contributed by atoms with van der Waals surface area (Å²) >= 11 is 3.63. The largest absolute Gasteiger partial charge is 0.504 e. The van der Waals surface area contributed by atoms with Crippen LogP contribution in [0.3, 0.4) is 0 Å². The first-order chi connectivity index (χ1) is 8.31. The van der Waals surface area contributed by atoms with Crippen LogP contribution in [-0.4, -0.2) is 7.11 Å². The Morgan fingerprint density at radius 1 is 1.35 bits per heavy atom. The van der Waals surface area contributed by atoms with Crippen molar-refractivity contribution in [1.82, 2.24) is 0 Å². The first-order valence-corrected chi connectivity index (χ1v) is 7.05. The molecule has 0 bridgehead atoms. The summed E-state index contributed by atoms with van der Waals surface area (Å²) in [6, 6.07) is 8.52. The van der Waals surface area contributed by atoms with Gasteiger partial charge < -0.3 is 4.74 Å². The molecule has 0 spiro atoms. The molecule has 0 heterocycles. The maximum atomic E-state index is 5.21. The Hall–Kier alpha value is -0.760. The number of hydrogen-bond acceptors (Lipinski definition) is 1. The number of methoxy groups -OCH3 is 1. The van der Waals surface area contributed by atoms with Gasteiger partial charge in [-0.1, -0.05) is 40.5 Å². The summed E-state index contributed by atoms with van der Waals surface area (Å²) in [6.45, 7) is 0. The van der Waals surface area contributed by atoms with Crippen molar-refractivity contribution >= 4 is 15.9 Å². The van der Waals surface area contributed by atoms with Crippen molar-refractivity contribution in [3.63, 3.8) is 0 Å². The van der Waals surface area contributed by atoms with Gasteiger partial charge in [0.15, 0.2) is 0 Å². The van der Waals surface area contributed by atoms with Crippen LogP contribution >= 0.6 is 15.9 Å². The van der Waals surface area contributed by atoms with Crippen molar-refractivity contribution in [2.24, 2.45) is 5.92 Å². The second kappa shape index (κ2) is 6.25. The summed E-state index contributed by atoms with van der Waals surface area (Å²) in [5.41, 5.74) is 2.89. The fourth-order valence-electron chi connectivity index (χ4n) is 2.58. The van der Waals surface area contributed by atoms with Gasteiger partial charge in [0.25, 0.3) is 0 Å². The number of ether oxygens (including phenoxy) is 1. The molecule has 1 nitrogen and oxygen atoms in total. The van der Waals surface area contributed by atoms with Crippen molar-refractivity contribution in [1.29, 1.82) is 0 Å². The highest BCUT2D eigenvalue weighted by atomic mass is 79.9. The number of halogens is 1. The number of hydrogen-bond donors (Lipinski definition) is 0. The zero-order chi connectivity index (χ0) is 12.1. The number of rotatable bonds is 3. The molecule has 1 saturated carbocycles. The SMILES string of the molecule is CO/C=C1\CCCCC1Cc1ccccc1Br. The standard InChI is InChI=1S/C15H19BrO/c1-17-11-14-8-3-2-6-12(14)10-13-7-4-5-9-15(13)16/h4-5,7,9,11-12H,2-3,6,8,10H2,1H3/b14-11+. The highest BCUT2D eigenvalue weighted by molar-refractivity contribution is 9.10. The Morgan fingerprint density at radius 3 is 2.94 bits per heavy atom.